The van der Waals surface area contributed by atoms with E-state index in [1.54, 1.807) is 6.92 Å². The molecule has 5 nitrogen and oxygen atoms in total. The monoisotopic (exact) mass is 250 g/mol. The van der Waals surface area contributed by atoms with E-state index in [9.17, 15) is 13.2 Å². The maximum atomic E-state index is 11.1. The highest BCUT2D eigenvalue weighted by molar-refractivity contribution is 7.87. The number of rotatable bonds is 7. The number of carbonyl (C=O) groups is 1. The lowest BCUT2D eigenvalue weighted by atomic mass is 10.0. The van der Waals surface area contributed by atoms with Crippen LogP contribution < -0.4 is 0 Å². The summed E-state index contributed by atoms with van der Waals surface area (Å²) in [5, 5.41) is 0. The highest BCUT2D eigenvalue weighted by Gasteiger charge is 2.35. The maximum absolute atomic E-state index is 11.1. The van der Waals surface area contributed by atoms with Crippen molar-refractivity contribution >= 4 is 16.1 Å². The van der Waals surface area contributed by atoms with Crippen molar-refractivity contribution in [3.8, 4) is 0 Å². The predicted octanol–water partition coefficient (Wildman–Crippen LogP) is 1.55. The molecule has 0 rings (SSSR count). The lowest BCUT2D eigenvalue weighted by Gasteiger charge is -2.24. The maximum Gasteiger partial charge on any atom is 0.330 e. The van der Waals surface area contributed by atoms with Gasteiger partial charge in [0, 0.05) is 6.08 Å². The zero-order chi connectivity index (χ0) is 12.8. The van der Waals surface area contributed by atoms with E-state index in [1.165, 1.54) is 6.92 Å². The van der Waals surface area contributed by atoms with Gasteiger partial charge >= 0.3 is 5.97 Å². The first-order valence-corrected chi connectivity index (χ1v) is 6.47. The molecule has 1 unspecified atom stereocenters. The highest BCUT2D eigenvalue weighted by atomic mass is 32.2. The molecule has 0 heterocycles. The lowest BCUT2D eigenvalue weighted by Crippen LogP contribution is -2.34. The van der Waals surface area contributed by atoms with Gasteiger partial charge in [0.05, 0.1) is 11.4 Å². The minimum atomic E-state index is -4.08. The van der Waals surface area contributed by atoms with E-state index < -0.39 is 20.8 Å². The summed E-state index contributed by atoms with van der Waals surface area (Å²) in [4.78, 5) is 10.7. The van der Waals surface area contributed by atoms with E-state index in [-0.39, 0.29) is 13.0 Å². The van der Waals surface area contributed by atoms with Gasteiger partial charge in [-0.15, -0.1) is 0 Å². The van der Waals surface area contributed by atoms with E-state index in [1.807, 2.05) is 0 Å². The smallest absolute Gasteiger partial charge is 0.330 e. The first kappa shape index (κ1) is 15.1. The van der Waals surface area contributed by atoms with Crippen LogP contribution in [0.4, 0.5) is 0 Å². The number of ether oxygens (including phenoxy) is 1. The van der Waals surface area contributed by atoms with Crippen LogP contribution in [0.2, 0.25) is 0 Å². The Labute approximate surface area is 96.2 Å². The average molecular weight is 250 g/mol. The van der Waals surface area contributed by atoms with Gasteiger partial charge in [-0.05, 0) is 26.2 Å². The van der Waals surface area contributed by atoms with Crippen LogP contribution in [0.15, 0.2) is 12.7 Å². The molecular weight excluding hydrogens is 232 g/mol. The Bertz CT molecular complexity index is 346. The van der Waals surface area contributed by atoms with Gasteiger partial charge in [-0.25, -0.2) is 4.79 Å². The molecule has 0 bridgehead atoms. The van der Waals surface area contributed by atoms with E-state index in [0.717, 1.165) is 6.08 Å². The van der Waals surface area contributed by atoms with Crippen LogP contribution >= 0.6 is 0 Å². The molecule has 0 aliphatic carbocycles. The summed E-state index contributed by atoms with van der Waals surface area (Å²) < 4.78 is 34.8. The molecule has 0 radical (unpaired) electrons. The fourth-order valence-corrected chi connectivity index (χ4v) is 1.93. The molecule has 0 aromatic carbocycles. The van der Waals surface area contributed by atoms with Crippen molar-refractivity contribution < 1.29 is 22.5 Å². The summed E-state index contributed by atoms with van der Waals surface area (Å²) in [6.45, 7) is 6.51. The Kier molecular flexibility index (Phi) is 5.67. The van der Waals surface area contributed by atoms with Crippen molar-refractivity contribution in [2.45, 2.75) is 37.9 Å². The third-order valence-electron chi connectivity index (χ3n) is 2.63. The van der Waals surface area contributed by atoms with Crippen LogP contribution in [0.5, 0.6) is 0 Å². The molecule has 0 aliphatic rings. The van der Waals surface area contributed by atoms with Crippen LogP contribution in [0.1, 0.15) is 33.1 Å². The van der Waals surface area contributed by atoms with Crippen molar-refractivity contribution in [2.24, 2.45) is 0 Å². The fourth-order valence-electron chi connectivity index (χ4n) is 1.17. The molecule has 1 N–H and O–H groups in total. The molecule has 0 aromatic heterocycles. The van der Waals surface area contributed by atoms with Crippen LogP contribution in [0.3, 0.4) is 0 Å². The largest absolute Gasteiger partial charge is 0.463 e. The summed E-state index contributed by atoms with van der Waals surface area (Å²) >= 11 is 0. The molecule has 94 valence electrons. The number of esters is 1. The third kappa shape index (κ3) is 4.32. The molecule has 0 saturated carbocycles. The van der Waals surface area contributed by atoms with Crippen molar-refractivity contribution in [1.29, 1.82) is 0 Å². The summed E-state index contributed by atoms with van der Waals surface area (Å²) in [5.74, 6) is -0.537. The molecule has 0 saturated heterocycles. The molecular formula is C10H18O5S. The molecule has 0 spiro atoms. The highest BCUT2D eigenvalue weighted by Crippen LogP contribution is 2.25. The Balaban J connectivity index is 4.18. The second-order valence-electron chi connectivity index (χ2n) is 3.75. The minimum absolute atomic E-state index is 0.121. The molecule has 0 aromatic rings. The predicted molar refractivity (Wildman–Crippen MR) is 60.6 cm³/mol. The van der Waals surface area contributed by atoms with Crippen molar-refractivity contribution in [3.63, 3.8) is 0 Å². The third-order valence-corrected chi connectivity index (χ3v) is 4.37. The van der Waals surface area contributed by atoms with E-state index in [0.29, 0.717) is 12.8 Å². The van der Waals surface area contributed by atoms with Gasteiger partial charge in [0.2, 0.25) is 0 Å². The second-order valence-corrected chi connectivity index (χ2v) is 5.69. The molecule has 0 aliphatic heterocycles. The van der Waals surface area contributed by atoms with Crippen molar-refractivity contribution in [2.75, 3.05) is 6.61 Å². The number of hydrogen-bond acceptors (Lipinski definition) is 4. The van der Waals surface area contributed by atoms with E-state index >= 15 is 0 Å². The topological polar surface area (TPSA) is 80.7 Å². The zero-order valence-electron chi connectivity index (χ0n) is 9.60. The molecule has 0 fully saturated rings. The van der Waals surface area contributed by atoms with Gasteiger partial charge in [-0.2, -0.15) is 8.42 Å². The van der Waals surface area contributed by atoms with E-state index in [2.05, 4.69) is 6.58 Å². The van der Waals surface area contributed by atoms with Crippen LogP contribution in [0.25, 0.3) is 0 Å². The van der Waals surface area contributed by atoms with Gasteiger partial charge in [0.25, 0.3) is 10.1 Å². The summed E-state index contributed by atoms with van der Waals surface area (Å²) in [6, 6.07) is 0. The first-order valence-electron chi connectivity index (χ1n) is 5.03. The fraction of sp³-hybridized carbons (Fsp3) is 0.700. The standard InChI is InChI=1S/C10H18O5S/c1-4-9(11)15-8-6-7-10(3,5-2)16(12,13)14/h4H,1,5-8H2,2-3H3,(H,12,13,14). The van der Waals surface area contributed by atoms with E-state index in [4.69, 9.17) is 9.29 Å². The second kappa shape index (κ2) is 6.00. The Hall–Kier alpha value is -0.880. The lowest BCUT2D eigenvalue weighted by molar-refractivity contribution is -0.137. The zero-order valence-corrected chi connectivity index (χ0v) is 10.4. The summed E-state index contributed by atoms with van der Waals surface area (Å²) in [6.07, 6.45) is 1.97. The Morgan fingerprint density at radius 1 is 1.56 bits per heavy atom. The van der Waals surface area contributed by atoms with Gasteiger partial charge < -0.3 is 4.74 Å². The van der Waals surface area contributed by atoms with Crippen LogP contribution in [-0.2, 0) is 19.6 Å². The summed E-state index contributed by atoms with van der Waals surface area (Å²) in [5.41, 5.74) is 0. The normalized spacial score (nSPS) is 15.2. The van der Waals surface area contributed by atoms with Gasteiger partial charge in [0.15, 0.2) is 0 Å². The van der Waals surface area contributed by atoms with Crippen LogP contribution in [0, 0.1) is 0 Å². The van der Waals surface area contributed by atoms with Crippen molar-refractivity contribution in [1.82, 2.24) is 0 Å². The SMILES string of the molecule is C=CC(=O)OCCCC(C)(CC)S(=O)(=O)O. The molecule has 16 heavy (non-hydrogen) atoms. The van der Waals surface area contributed by atoms with Gasteiger partial charge in [0.1, 0.15) is 0 Å². The molecule has 6 heteroatoms. The quantitative estimate of drug-likeness (QED) is 0.321. The van der Waals surface area contributed by atoms with Gasteiger partial charge in [-0.1, -0.05) is 13.5 Å². The Morgan fingerprint density at radius 3 is 2.50 bits per heavy atom. The van der Waals surface area contributed by atoms with Crippen molar-refractivity contribution in [3.05, 3.63) is 12.7 Å². The molecule has 1 atom stereocenters. The summed E-state index contributed by atoms with van der Waals surface area (Å²) in [7, 11) is -4.08. The number of carbonyl (C=O) groups excluding carboxylic acids is 1. The average Bonchev–Trinajstić information content (AvgIpc) is 2.21. The Morgan fingerprint density at radius 2 is 2.12 bits per heavy atom. The first-order chi connectivity index (χ1) is 7.27. The van der Waals surface area contributed by atoms with Crippen LogP contribution in [-0.4, -0.2) is 30.3 Å². The molecule has 0 amide bonds. The van der Waals surface area contributed by atoms with Gasteiger partial charge in [-0.3, -0.25) is 4.55 Å². The number of hydrogen-bond donors (Lipinski definition) is 1. The minimum Gasteiger partial charge on any atom is -0.463 e.